The minimum atomic E-state index is -0.339. The summed E-state index contributed by atoms with van der Waals surface area (Å²) in [6.45, 7) is 0. The van der Waals surface area contributed by atoms with Gasteiger partial charge in [0.15, 0.2) is 0 Å². The van der Waals surface area contributed by atoms with Crippen LogP contribution in [-0.4, -0.2) is 10.8 Å². The van der Waals surface area contributed by atoms with E-state index >= 15 is 0 Å². The van der Waals surface area contributed by atoms with Crippen LogP contribution in [0.4, 0.5) is 5.69 Å². The first-order valence-electron chi connectivity index (χ1n) is 3.80. The minimum absolute atomic E-state index is 0.0709. The molecule has 0 fully saturated rings. The van der Waals surface area contributed by atoms with Crippen LogP contribution in [0.1, 0.15) is 0 Å². The lowest BCUT2D eigenvalue weighted by atomic mass is 10.3. The lowest BCUT2D eigenvalue weighted by Crippen LogP contribution is -1.96. The van der Waals surface area contributed by atoms with E-state index in [9.17, 15) is 5.11 Å². The molecule has 1 aromatic carbocycles. The molecule has 6 heteroatoms. The summed E-state index contributed by atoms with van der Waals surface area (Å²) in [5.74, 6) is -0.0709. The summed E-state index contributed by atoms with van der Waals surface area (Å²) < 4.78 is 0. The van der Waals surface area contributed by atoms with E-state index < -0.39 is 0 Å². The number of nitrogens with one attached hydrogen (secondary N) is 1. The second-order valence-electron chi connectivity index (χ2n) is 2.46. The minimum Gasteiger partial charge on any atom is -0.506 e. The van der Waals surface area contributed by atoms with Crippen LogP contribution < -0.4 is 5.43 Å². The van der Waals surface area contributed by atoms with Crippen molar-refractivity contribution in [1.29, 1.82) is 10.5 Å². The number of aromatic hydroxyl groups is 1. The highest BCUT2D eigenvalue weighted by Gasteiger charge is 2.01. The number of benzene rings is 1. The standard InChI is InChI=1S/C9H5ClN4O/c10-6-1-2-9(15)8(3-6)14-13-7(4-11)5-12/h1-3,14-15H. The number of hydrogen-bond acceptors (Lipinski definition) is 5. The van der Waals surface area contributed by atoms with Crippen LogP contribution in [0.2, 0.25) is 5.02 Å². The van der Waals surface area contributed by atoms with E-state index in [1.54, 1.807) is 12.1 Å². The van der Waals surface area contributed by atoms with Crippen LogP contribution in [0, 0.1) is 22.7 Å². The lowest BCUT2D eigenvalue weighted by Gasteiger charge is -2.02. The first kappa shape index (κ1) is 10.8. The number of halogens is 1. The predicted molar refractivity (Wildman–Crippen MR) is 55.4 cm³/mol. The quantitative estimate of drug-likeness (QED) is 0.452. The molecule has 15 heavy (non-hydrogen) atoms. The fourth-order valence-electron chi connectivity index (χ4n) is 0.789. The van der Waals surface area contributed by atoms with Crippen molar-refractivity contribution < 1.29 is 5.11 Å². The first-order valence-corrected chi connectivity index (χ1v) is 4.17. The molecule has 1 aromatic rings. The van der Waals surface area contributed by atoms with Gasteiger partial charge in [0.1, 0.15) is 17.9 Å². The van der Waals surface area contributed by atoms with Crippen LogP contribution in [0.15, 0.2) is 23.3 Å². The number of anilines is 1. The Labute approximate surface area is 90.8 Å². The number of phenolic OH excluding ortho intramolecular Hbond substituents is 1. The molecule has 0 aliphatic rings. The van der Waals surface area contributed by atoms with E-state index in [1.807, 2.05) is 0 Å². The van der Waals surface area contributed by atoms with Crippen molar-refractivity contribution in [2.45, 2.75) is 0 Å². The van der Waals surface area contributed by atoms with Crippen molar-refractivity contribution in [3.05, 3.63) is 23.2 Å². The van der Waals surface area contributed by atoms with Gasteiger partial charge < -0.3 is 5.11 Å². The molecule has 0 aliphatic carbocycles. The molecule has 0 aliphatic heterocycles. The van der Waals surface area contributed by atoms with Gasteiger partial charge in [-0.2, -0.15) is 15.6 Å². The molecule has 0 saturated carbocycles. The summed E-state index contributed by atoms with van der Waals surface area (Å²) >= 11 is 5.67. The van der Waals surface area contributed by atoms with Gasteiger partial charge in [-0.05, 0) is 18.2 Å². The zero-order valence-electron chi connectivity index (χ0n) is 7.40. The number of rotatable bonds is 2. The molecule has 2 N–H and O–H groups in total. The highest BCUT2D eigenvalue weighted by atomic mass is 35.5. The zero-order valence-corrected chi connectivity index (χ0v) is 8.15. The Morgan fingerprint density at radius 2 is 2.07 bits per heavy atom. The van der Waals surface area contributed by atoms with E-state index in [4.69, 9.17) is 22.1 Å². The molecule has 0 amide bonds. The van der Waals surface area contributed by atoms with Gasteiger partial charge in [0, 0.05) is 5.02 Å². The predicted octanol–water partition coefficient (Wildman–Crippen LogP) is 1.86. The van der Waals surface area contributed by atoms with E-state index in [1.165, 1.54) is 18.2 Å². The largest absolute Gasteiger partial charge is 0.506 e. The fourth-order valence-corrected chi connectivity index (χ4v) is 0.961. The van der Waals surface area contributed by atoms with Gasteiger partial charge in [-0.3, -0.25) is 5.43 Å². The number of phenols is 1. The van der Waals surface area contributed by atoms with Crippen molar-refractivity contribution in [2.75, 3.05) is 5.43 Å². The molecule has 0 bridgehead atoms. The highest BCUT2D eigenvalue weighted by Crippen LogP contribution is 2.26. The van der Waals surface area contributed by atoms with E-state index in [0.717, 1.165) is 0 Å². The maximum Gasteiger partial charge on any atom is 0.237 e. The fraction of sp³-hybridized carbons (Fsp3) is 0. The summed E-state index contributed by atoms with van der Waals surface area (Å²) in [5.41, 5.74) is 2.25. The highest BCUT2D eigenvalue weighted by molar-refractivity contribution is 6.30. The topological polar surface area (TPSA) is 92.2 Å². The molecule has 1 rings (SSSR count). The SMILES string of the molecule is N#CC(C#N)=NNc1cc(Cl)ccc1O. The van der Waals surface area contributed by atoms with Gasteiger partial charge in [-0.15, -0.1) is 0 Å². The average Bonchev–Trinajstić information content (AvgIpc) is 2.24. The number of hydrogen-bond donors (Lipinski definition) is 2. The summed E-state index contributed by atoms with van der Waals surface area (Å²) in [6, 6.07) is 7.43. The Morgan fingerprint density at radius 3 is 2.67 bits per heavy atom. The van der Waals surface area contributed by atoms with Crippen LogP contribution in [0.3, 0.4) is 0 Å². The molecule has 0 unspecified atom stereocenters. The van der Waals surface area contributed by atoms with Crippen LogP contribution >= 0.6 is 11.6 Å². The molecule has 74 valence electrons. The molecular weight excluding hydrogens is 216 g/mol. The monoisotopic (exact) mass is 220 g/mol. The zero-order chi connectivity index (χ0) is 11.3. The maximum absolute atomic E-state index is 9.34. The van der Waals surface area contributed by atoms with Gasteiger partial charge in [0.05, 0.1) is 5.69 Å². The van der Waals surface area contributed by atoms with E-state index in [2.05, 4.69) is 10.5 Å². The third-order valence-corrected chi connectivity index (χ3v) is 1.69. The van der Waals surface area contributed by atoms with Crippen molar-refractivity contribution in [1.82, 2.24) is 0 Å². The van der Waals surface area contributed by atoms with Crippen LogP contribution in [0.25, 0.3) is 0 Å². The molecule has 0 saturated heterocycles. The van der Waals surface area contributed by atoms with Crippen molar-refractivity contribution in [2.24, 2.45) is 5.10 Å². The van der Waals surface area contributed by atoms with E-state index in [0.29, 0.717) is 5.02 Å². The van der Waals surface area contributed by atoms with E-state index in [-0.39, 0.29) is 17.1 Å². The second-order valence-corrected chi connectivity index (χ2v) is 2.89. The molecule has 0 atom stereocenters. The van der Waals surface area contributed by atoms with Gasteiger partial charge in [0.2, 0.25) is 5.71 Å². The third kappa shape index (κ3) is 2.87. The van der Waals surface area contributed by atoms with Gasteiger partial charge >= 0.3 is 0 Å². The maximum atomic E-state index is 9.34. The molecule has 5 nitrogen and oxygen atoms in total. The summed E-state index contributed by atoms with van der Waals surface area (Å²) in [4.78, 5) is 0. The molecule has 0 spiro atoms. The summed E-state index contributed by atoms with van der Waals surface area (Å²) in [7, 11) is 0. The van der Waals surface area contributed by atoms with Gasteiger partial charge in [0.25, 0.3) is 0 Å². The Morgan fingerprint density at radius 1 is 1.40 bits per heavy atom. The molecule has 0 radical (unpaired) electrons. The third-order valence-electron chi connectivity index (χ3n) is 1.46. The second kappa shape index (κ2) is 4.85. The van der Waals surface area contributed by atoms with Gasteiger partial charge in [-0.25, -0.2) is 0 Å². The summed E-state index contributed by atoms with van der Waals surface area (Å²) in [5, 5.41) is 30.0. The Hall–Kier alpha value is -2.24. The normalized spacial score (nSPS) is 8.47. The molecule has 0 heterocycles. The number of hydrazone groups is 1. The van der Waals surface area contributed by atoms with Gasteiger partial charge in [-0.1, -0.05) is 11.6 Å². The average molecular weight is 221 g/mol. The number of nitrogens with zero attached hydrogens (tertiary/aromatic N) is 3. The number of nitriles is 2. The summed E-state index contributed by atoms with van der Waals surface area (Å²) in [6.07, 6.45) is 0. The van der Waals surface area contributed by atoms with Crippen molar-refractivity contribution in [3.63, 3.8) is 0 Å². The Kier molecular flexibility index (Phi) is 3.50. The van der Waals surface area contributed by atoms with Crippen LogP contribution in [0.5, 0.6) is 5.75 Å². The smallest absolute Gasteiger partial charge is 0.237 e. The van der Waals surface area contributed by atoms with Crippen LogP contribution in [-0.2, 0) is 0 Å². The van der Waals surface area contributed by atoms with Crippen molar-refractivity contribution in [3.8, 4) is 17.9 Å². The first-order chi connectivity index (χ1) is 7.17. The Bertz CT molecular complexity index is 468. The molecule has 0 aromatic heterocycles. The Balaban J connectivity index is 2.92. The molecular formula is C9H5ClN4O. The van der Waals surface area contributed by atoms with Crippen molar-refractivity contribution >= 4 is 23.0 Å². The lowest BCUT2D eigenvalue weighted by molar-refractivity contribution is 0.477.